The quantitative estimate of drug-likeness (QED) is 0.457. The molecule has 0 fully saturated rings. The molecule has 0 atom stereocenters. The molecule has 0 saturated heterocycles. The highest BCUT2D eigenvalue weighted by Crippen LogP contribution is 2.29. The molecule has 0 aliphatic rings. The number of carbonyl (C=O) groups is 1. The molecule has 7 heteroatoms. The average Bonchev–Trinajstić information content (AvgIpc) is 2.33. The van der Waals surface area contributed by atoms with E-state index in [4.69, 9.17) is 16.3 Å². The van der Waals surface area contributed by atoms with Gasteiger partial charge in [-0.15, -0.1) is 0 Å². The lowest BCUT2D eigenvalue weighted by atomic mass is 10.3. The van der Waals surface area contributed by atoms with Gasteiger partial charge in [0.1, 0.15) is 0 Å². The second kappa shape index (κ2) is 6.94. The van der Waals surface area contributed by atoms with Crippen LogP contribution in [-0.4, -0.2) is 36.4 Å². The first-order valence-electron chi connectivity index (χ1n) is 5.68. The molecule has 1 aromatic carbocycles. The van der Waals surface area contributed by atoms with Gasteiger partial charge in [-0.25, -0.2) is 0 Å². The lowest BCUT2D eigenvalue weighted by Gasteiger charge is -2.10. The van der Waals surface area contributed by atoms with Gasteiger partial charge in [-0.1, -0.05) is 11.6 Å². The van der Waals surface area contributed by atoms with Crippen molar-refractivity contribution in [2.24, 2.45) is 0 Å². The van der Waals surface area contributed by atoms with Crippen molar-refractivity contribution in [3.63, 3.8) is 0 Å². The van der Waals surface area contributed by atoms with Crippen LogP contribution in [0.1, 0.15) is 12.8 Å². The summed E-state index contributed by atoms with van der Waals surface area (Å²) in [5.74, 6) is 0.110. The van der Waals surface area contributed by atoms with Crippen LogP contribution in [0.15, 0.2) is 18.2 Å². The molecule has 6 nitrogen and oxygen atoms in total. The Morgan fingerprint density at radius 3 is 2.74 bits per heavy atom. The molecule has 0 aromatic heterocycles. The number of hydrogen-bond acceptors (Lipinski definition) is 4. The summed E-state index contributed by atoms with van der Waals surface area (Å²) in [7, 11) is 3.34. The number of ether oxygens (including phenoxy) is 1. The molecule has 0 unspecified atom stereocenters. The fourth-order valence-electron chi connectivity index (χ4n) is 1.38. The summed E-state index contributed by atoms with van der Waals surface area (Å²) >= 11 is 5.76. The first-order valence-corrected chi connectivity index (χ1v) is 6.06. The summed E-state index contributed by atoms with van der Waals surface area (Å²) in [5, 5.41) is 11.2. The molecule has 0 bridgehead atoms. The second-order valence-corrected chi connectivity index (χ2v) is 4.55. The molecule has 1 aromatic rings. The van der Waals surface area contributed by atoms with E-state index in [0.29, 0.717) is 17.9 Å². The minimum absolute atomic E-state index is 0.0100. The Labute approximate surface area is 116 Å². The van der Waals surface area contributed by atoms with Gasteiger partial charge in [-0.05, 0) is 12.5 Å². The van der Waals surface area contributed by atoms with E-state index in [1.165, 1.54) is 23.1 Å². The number of rotatable bonds is 6. The summed E-state index contributed by atoms with van der Waals surface area (Å²) in [5.41, 5.74) is -0.136. The van der Waals surface area contributed by atoms with Crippen LogP contribution in [0.2, 0.25) is 5.02 Å². The third-order valence-electron chi connectivity index (χ3n) is 2.41. The third kappa shape index (κ3) is 4.75. The zero-order chi connectivity index (χ0) is 14.4. The highest BCUT2D eigenvalue weighted by atomic mass is 35.5. The Hall–Kier alpha value is -1.82. The van der Waals surface area contributed by atoms with Crippen LogP contribution in [0.3, 0.4) is 0 Å². The van der Waals surface area contributed by atoms with Gasteiger partial charge < -0.3 is 9.64 Å². The number of amides is 1. The number of nitro benzene ring substituents is 1. The van der Waals surface area contributed by atoms with Crippen molar-refractivity contribution in [3.05, 3.63) is 33.3 Å². The van der Waals surface area contributed by atoms with Gasteiger partial charge in [0.25, 0.3) is 0 Å². The summed E-state index contributed by atoms with van der Waals surface area (Å²) < 4.78 is 5.31. The van der Waals surface area contributed by atoms with E-state index in [9.17, 15) is 14.9 Å². The maximum atomic E-state index is 11.3. The van der Waals surface area contributed by atoms with Crippen molar-refractivity contribution in [1.82, 2.24) is 4.90 Å². The van der Waals surface area contributed by atoms with Crippen molar-refractivity contribution in [2.45, 2.75) is 12.8 Å². The van der Waals surface area contributed by atoms with Gasteiger partial charge in [0.2, 0.25) is 5.91 Å². The van der Waals surface area contributed by atoms with Crippen molar-refractivity contribution in [1.29, 1.82) is 0 Å². The summed E-state index contributed by atoms with van der Waals surface area (Å²) in [6.07, 6.45) is 0.821. The molecule has 0 heterocycles. The fraction of sp³-hybridized carbons (Fsp3) is 0.417. The average molecular weight is 287 g/mol. The molecular weight excluding hydrogens is 272 g/mol. The van der Waals surface area contributed by atoms with Gasteiger partial charge in [0, 0.05) is 37.7 Å². The number of benzene rings is 1. The second-order valence-electron chi connectivity index (χ2n) is 4.11. The molecule has 1 amide bonds. The molecular formula is C12H15ClN2O4. The first-order chi connectivity index (χ1) is 8.91. The number of nitrogens with zero attached hydrogens (tertiary/aromatic N) is 2. The van der Waals surface area contributed by atoms with Gasteiger partial charge in [0.15, 0.2) is 5.75 Å². The standard InChI is InChI=1S/C12H15ClN2O4/c1-14(2)12(16)4-3-7-19-11-8-9(13)5-6-10(11)15(17)18/h5-6,8H,3-4,7H2,1-2H3. The van der Waals surface area contributed by atoms with E-state index >= 15 is 0 Å². The molecule has 1 rings (SSSR count). The van der Waals surface area contributed by atoms with Crippen molar-refractivity contribution < 1.29 is 14.5 Å². The number of halogens is 1. The molecule has 0 N–H and O–H groups in total. The molecule has 0 spiro atoms. The molecule has 0 radical (unpaired) electrons. The highest BCUT2D eigenvalue weighted by Gasteiger charge is 2.15. The van der Waals surface area contributed by atoms with Gasteiger partial charge in [-0.3, -0.25) is 14.9 Å². The molecule has 19 heavy (non-hydrogen) atoms. The summed E-state index contributed by atoms with van der Waals surface area (Å²) in [6, 6.07) is 4.12. The van der Waals surface area contributed by atoms with Crippen LogP contribution in [-0.2, 0) is 4.79 Å². The Balaban J connectivity index is 2.55. The predicted molar refractivity (Wildman–Crippen MR) is 71.5 cm³/mol. The van der Waals surface area contributed by atoms with E-state index in [-0.39, 0.29) is 24.0 Å². The number of carbonyl (C=O) groups excluding carboxylic acids is 1. The molecule has 0 aliphatic heterocycles. The third-order valence-corrected chi connectivity index (χ3v) is 2.64. The van der Waals surface area contributed by atoms with E-state index in [1.807, 2.05) is 0 Å². The van der Waals surface area contributed by atoms with Crippen molar-refractivity contribution in [2.75, 3.05) is 20.7 Å². The number of hydrogen-bond donors (Lipinski definition) is 0. The monoisotopic (exact) mass is 286 g/mol. The largest absolute Gasteiger partial charge is 0.487 e. The molecule has 0 saturated carbocycles. The van der Waals surface area contributed by atoms with Crippen molar-refractivity contribution >= 4 is 23.2 Å². The van der Waals surface area contributed by atoms with Crippen LogP contribution in [0.5, 0.6) is 5.75 Å². The Kier molecular flexibility index (Phi) is 5.57. The molecule has 0 aliphatic carbocycles. The van der Waals surface area contributed by atoms with E-state index in [0.717, 1.165) is 0 Å². The lowest BCUT2D eigenvalue weighted by molar-refractivity contribution is -0.385. The van der Waals surface area contributed by atoms with Gasteiger partial charge in [0.05, 0.1) is 11.5 Å². The first kappa shape index (κ1) is 15.2. The van der Waals surface area contributed by atoms with Gasteiger partial charge >= 0.3 is 5.69 Å². The maximum absolute atomic E-state index is 11.3. The van der Waals surface area contributed by atoms with E-state index in [2.05, 4.69) is 0 Å². The zero-order valence-corrected chi connectivity index (χ0v) is 11.5. The lowest BCUT2D eigenvalue weighted by Crippen LogP contribution is -2.21. The predicted octanol–water partition coefficient (Wildman–Crippen LogP) is 2.50. The van der Waals surface area contributed by atoms with Crippen LogP contribution in [0.4, 0.5) is 5.69 Å². The minimum atomic E-state index is -0.531. The SMILES string of the molecule is CN(C)C(=O)CCCOc1cc(Cl)ccc1[N+](=O)[O-]. The fourth-order valence-corrected chi connectivity index (χ4v) is 1.55. The van der Waals surface area contributed by atoms with Crippen LogP contribution in [0.25, 0.3) is 0 Å². The summed E-state index contributed by atoms with van der Waals surface area (Å²) in [4.78, 5) is 23.1. The summed E-state index contributed by atoms with van der Waals surface area (Å²) in [6.45, 7) is 0.223. The van der Waals surface area contributed by atoms with Crippen LogP contribution in [0, 0.1) is 10.1 Å². The Bertz CT molecular complexity index is 477. The van der Waals surface area contributed by atoms with Crippen LogP contribution < -0.4 is 4.74 Å². The highest BCUT2D eigenvalue weighted by molar-refractivity contribution is 6.30. The van der Waals surface area contributed by atoms with Crippen LogP contribution >= 0.6 is 11.6 Å². The topological polar surface area (TPSA) is 72.7 Å². The number of nitro groups is 1. The maximum Gasteiger partial charge on any atom is 0.311 e. The smallest absolute Gasteiger partial charge is 0.311 e. The van der Waals surface area contributed by atoms with Crippen molar-refractivity contribution in [3.8, 4) is 5.75 Å². The van der Waals surface area contributed by atoms with Gasteiger partial charge in [-0.2, -0.15) is 0 Å². The minimum Gasteiger partial charge on any atom is -0.487 e. The van der Waals surface area contributed by atoms with E-state index in [1.54, 1.807) is 14.1 Å². The van der Waals surface area contributed by atoms with E-state index < -0.39 is 4.92 Å². The normalized spacial score (nSPS) is 10.1. The molecule has 104 valence electrons. The zero-order valence-electron chi connectivity index (χ0n) is 10.8. The Morgan fingerprint density at radius 2 is 2.16 bits per heavy atom. The Morgan fingerprint density at radius 1 is 1.47 bits per heavy atom.